The van der Waals surface area contributed by atoms with E-state index >= 15 is 0 Å². The van der Waals surface area contributed by atoms with Crippen molar-refractivity contribution < 1.29 is 38.5 Å². The van der Waals surface area contributed by atoms with E-state index in [2.05, 4.69) is 38.0 Å². The number of pyridine rings is 2. The zero-order chi connectivity index (χ0) is 35.8. The van der Waals surface area contributed by atoms with Crippen molar-refractivity contribution in [1.82, 2.24) is 26.1 Å². The number of hydrazine groups is 1. The number of alkyl carbamates (subject to hydrolysis) is 1. The Morgan fingerprint density at radius 3 is 2.00 bits per heavy atom. The second-order valence-corrected chi connectivity index (χ2v) is 12.7. The van der Waals surface area contributed by atoms with Gasteiger partial charge in [0.1, 0.15) is 23.6 Å². The van der Waals surface area contributed by atoms with Crippen molar-refractivity contribution in [2.75, 3.05) is 6.61 Å². The number of amides is 3. The lowest BCUT2D eigenvalue weighted by Gasteiger charge is -2.22. The molecule has 49 heavy (non-hydrogen) atoms. The van der Waals surface area contributed by atoms with E-state index in [9.17, 15) is 24.3 Å². The standard InChI is InChI=1S/C36H37N5O8/c1-35(2,3)48-33(45)39-30(32(43)44)21-47-25-15-11-23(12-16-25)8-7-22-9-13-24(14-10-22)29-19-26(27-20-37-18-17-28(27)38-29)31(42)40-41-34(46)49-36(4,5)6/h9-20,30H,21H2,1-6H3,(H,39,45)(H,40,42)(H,41,46)(H,43,44). The number of ether oxygens (including phenoxy) is 3. The van der Waals surface area contributed by atoms with E-state index in [0.717, 1.165) is 11.1 Å². The molecule has 4 N–H and O–H groups in total. The van der Waals surface area contributed by atoms with Crippen molar-refractivity contribution in [3.8, 4) is 28.8 Å². The average molecular weight is 668 g/mol. The molecule has 4 rings (SSSR count). The van der Waals surface area contributed by atoms with E-state index in [0.29, 0.717) is 27.9 Å². The molecule has 254 valence electrons. The Bertz CT molecular complexity index is 1900. The first-order valence-electron chi connectivity index (χ1n) is 15.2. The van der Waals surface area contributed by atoms with E-state index in [1.165, 1.54) is 6.20 Å². The monoisotopic (exact) mass is 667 g/mol. The van der Waals surface area contributed by atoms with Gasteiger partial charge in [-0.1, -0.05) is 24.0 Å². The van der Waals surface area contributed by atoms with Crippen molar-refractivity contribution in [2.45, 2.75) is 58.8 Å². The van der Waals surface area contributed by atoms with Crippen molar-refractivity contribution >= 4 is 35.0 Å². The summed E-state index contributed by atoms with van der Waals surface area (Å²) >= 11 is 0. The highest BCUT2D eigenvalue weighted by Crippen LogP contribution is 2.25. The van der Waals surface area contributed by atoms with Gasteiger partial charge in [0.15, 0.2) is 6.04 Å². The SMILES string of the molecule is CC(C)(C)OC(=O)NNC(=O)c1cc(-c2ccc(C#Cc3ccc(OCC(NC(=O)OC(C)(C)C)C(=O)O)cc3)cc2)nc2ccncc12. The molecule has 0 radical (unpaired) electrons. The van der Waals surface area contributed by atoms with Gasteiger partial charge in [0.25, 0.3) is 5.91 Å². The number of nitrogens with zero attached hydrogens (tertiary/aromatic N) is 2. The predicted molar refractivity (Wildman–Crippen MR) is 181 cm³/mol. The Labute approximate surface area is 283 Å². The molecule has 1 atom stereocenters. The highest BCUT2D eigenvalue weighted by Gasteiger charge is 2.25. The Morgan fingerprint density at radius 2 is 1.41 bits per heavy atom. The average Bonchev–Trinajstić information content (AvgIpc) is 3.03. The van der Waals surface area contributed by atoms with E-state index in [-0.39, 0.29) is 12.2 Å². The summed E-state index contributed by atoms with van der Waals surface area (Å²) in [5.74, 6) is 4.74. The highest BCUT2D eigenvalue weighted by atomic mass is 16.6. The molecule has 0 fully saturated rings. The van der Waals surface area contributed by atoms with Crippen molar-refractivity contribution in [3.63, 3.8) is 0 Å². The Morgan fingerprint density at radius 1 is 0.816 bits per heavy atom. The van der Waals surface area contributed by atoms with Gasteiger partial charge in [-0.05, 0) is 90.1 Å². The number of fused-ring (bicyclic) bond motifs is 1. The van der Waals surface area contributed by atoms with Crippen LogP contribution in [0.3, 0.4) is 0 Å². The van der Waals surface area contributed by atoms with Gasteiger partial charge in [-0.25, -0.2) is 24.8 Å². The van der Waals surface area contributed by atoms with Crippen LogP contribution in [0.5, 0.6) is 5.75 Å². The lowest BCUT2D eigenvalue weighted by Crippen LogP contribution is -2.46. The van der Waals surface area contributed by atoms with Gasteiger partial charge in [-0.3, -0.25) is 15.2 Å². The van der Waals surface area contributed by atoms with Gasteiger partial charge >= 0.3 is 18.2 Å². The van der Waals surface area contributed by atoms with Crippen molar-refractivity contribution in [2.24, 2.45) is 0 Å². The van der Waals surface area contributed by atoms with E-state index in [1.54, 1.807) is 84.1 Å². The molecule has 0 spiro atoms. The minimum Gasteiger partial charge on any atom is -0.491 e. The number of aromatic nitrogens is 2. The summed E-state index contributed by atoms with van der Waals surface area (Å²) < 4.78 is 15.9. The van der Waals surface area contributed by atoms with Crippen LogP contribution in [0.25, 0.3) is 22.2 Å². The van der Waals surface area contributed by atoms with Crippen LogP contribution < -0.4 is 20.9 Å². The molecule has 0 aliphatic heterocycles. The van der Waals surface area contributed by atoms with Gasteiger partial charge in [-0.2, -0.15) is 0 Å². The molecule has 0 saturated heterocycles. The van der Waals surface area contributed by atoms with Crippen LogP contribution in [0.15, 0.2) is 73.1 Å². The number of nitrogens with one attached hydrogen (secondary N) is 3. The third-order valence-corrected chi connectivity index (χ3v) is 6.32. The predicted octanol–water partition coefficient (Wildman–Crippen LogP) is 5.22. The number of hydrogen-bond acceptors (Lipinski definition) is 9. The maximum Gasteiger partial charge on any atom is 0.426 e. The van der Waals surface area contributed by atoms with Crippen molar-refractivity contribution in [3.05, 3.63) is 89.7 Å². The topological polar surface area (TPSA) is 178 Å². The second-order valence-electron chi connectivity index (χ2n) is 12.7. The number of carboxylic acids is 1. The van der Waals surface area contributed by atoms with Crippen LogP contribution in [0.1, 0.15) is 63.0 Å². The van der Waals surface area contributed by atoms with E-state index < -0.39 is 41.3 Å². The summed E-state index contributed by atoms with van der Waals surface area (Å²) in [6.07, 6.45) is 1.46. The molecule has 13 heteroatoms. The second kappa shape index (κ2) is 15.2. The first-order valence-corrected chi connectivity index (χ1v) is 15.2. The summed E-state index contributed by atoms with van der Waals surface area (Å²) in [4.78, 5) is 57.4. The minimum atomic E-state index is -1.30. The lowest BCUT2D eigenvalue weighted by atomic mass is 10.0. The molecule has 0 bridgehead atoms. The molecule has 0 saturated carbocycles. The van der Waals surface area contributed by atoms with Crippen LogP contribution in [0, 0.1) is 11.8 Å². The molecule has 0 aliphatic carbocycles. The fraction of sp³-hybridized carbons (Fsp3) is 0.278. The van der Waals surface area contributed by atoms with Gasteiger partial charge in [0, 0.05) is 34.5 Å². The molecule has 0 aliphatic rings. The third-order valence-electron chi connectivity index (χ3n) is 6.32. The molecule has 2 aromatic carbocycles. The van der Waals surface area contributed by atoms with Crippen LogP contribution in [0.2, 0.25) is 0 Å². The number of benzene rings is 2. The molecule has 13 nitrogen and oxygen atoms in total. The number of carboxylic acid groups (broad SMARTS) is 1. The summed E-state index contributed by atoms with van der Waals surface area (Å²) in [7, 11) is 0. The molecular weight excluding hydrogens is 630 g/mol. The molecule has 2 heterocycles. The number of carbonyl (C=O) groups is 4. The summed E-state index contributed by atoms with van der Waals surface area (Å²) in [6.45, 7) is 9.87. The van der Waals surface area contributed by atoms with E-state index in [4.69, 9.17) is 14.2 Å². The third kappa shape index (κ3) is 11.0. The number of rotatable bonds is 7. The lowest BCUT2D eigenvalue weighted by molar-refractivity contribution is -0.140. The number of hydrogen-bond donors (Lipinski definition) is 4. The molecular formula is C36H37N5O8. The highest BCUT2D eigenvalue weighted by molar-refractivity contribution is 6.07. The quantitative estimate of drug-likeness (QED) is 0.151. The van der Waals surface area contributed by atoms with Crippen LogP contribution >= 0.6 is 0 Å². The molecule has 1 unspecified atom stereocenters. The van der Waals surface area contributed by atoms with Crippen LogP contribution in [-0.2, 0) is 14.3 Å². The number of carbonyl (C=O) groups excluding carboxylic acids is 3. The Kier molecular flexibility index (Phi) is 11.0. The molecule has 3 amide bonds. The maximum absolute atomic E-state index is 13.1. The Balaban J connectivity index is 1.42. The van der Waals surface area contributed by atoms with Gasteiger partial charge in [-0.15, -0.1) is 0 Å². The first kappa shape index (κ1) is 35.7. The van der Waals surface area contributed by atoms with Crippen molar-refractivity contribution in [1.29, 1.82) is 0 Å². The first-order chi connectivity index (χ1) is 23.1. The fourth-order valence-corrected chi connectivity index (χ4v) is 4.19. The van der Waals surface area contributed by atoms with Gasteiger partial charge in [0.05, 0.1) is 16.8 Å². The largest absolute Gasteiger partial charge is 0.491 e. The summed E-state index contributed by atoms with van der Waals surface area (Å²) in [5, 5.41) is 12.2. The smallest absolute Gasteiger partial charge is 0.426 e. The van der Waals surface area contributed by atoms with Gasteiger partial charge < -0.3 is 24.6 Å². The summed E-state index contributed by atoms with van der Waals surface area (Å²) in [6, 6.07) is 16.1. The fourth-order valence-electron chi connectivity index (χ4n) is 4.19. The summed E-state index contributed by atoms with van der Waals surface area (Å²) in [5.41, 5.74) is 6.64. The normalized spacial score (nSPS) is 11.7. The zero-order valence-corrected chi connectivity index (χ0v) is 27.9. The van der Waals surface area contributed by atoms with Crippen LogP contribution in [0.4, 0.5) is 9.59 Å². The van der Waals surface area contributed by atoms with E-state index in [1.807, 2.05) is 24.3 Å². The maximum atomic E-state index is 13.1. The van der Waals surface area contributed by atoms with Gasteiger partial charge in [0.2, 0.25) is 0 Å². The van der Waals surface area contributed by atoms with Crippen LogP contribution in [-0.4, -0.2) is 63.0 Å². The molecule has 4 aromatic rings. The number of aliphatic carboxylic acids is 1. The minimum absolute atomic E-state index is 0.262. The Hall–Kier alpha value is -6.16. The zero-order valence-electron chi connectivity index (χ0n) is 27.9. The molecule has 2 aromatic heterocycles.